The molecule has 5 heteroatoms. The van der Waals surface area contributed by atoms with E-state index in [-0.39, 0.29) is 0 Å². The lowest BCUT2D eigenvalue weighted by molar-refractivity contribution is -0.00800. The van der Waals surface area contributed by atoms with E-state index in [9.17, 15) is 0 Å². The smallest absolute Gasteiger partial charge is 0.0701 e. The third-order valence-electron chi connectivity index (χ3n) is 2.94. The van der Waals surface area contributed by atoms with E-state index in [0.717, 1.165) is 13.0 Å². The van der Waals surface area contributed by atoms with E-state index in [1.807, 2.05) is 0 Å². The number of hydrogen-bond donors (Lipinski definition) is 0. The monoisotopic (exact) mass is 306 g/mol. The largest absolute Gasteiger partial charge is 0.382 e. The molecule has 0 aromatic heterocycles. The third kappa shape index (κ3) is 19.8. The fourth-order valence-corrected chi connectivity index (χ4v) is 1.71. The minimum atomic E-state index is 0.599. The van der Waals surface area contributed by atoms with Crippen LogP contribution >= 0.6 is 0 Å². The highest BCUT2D eigenvalue weighted by atomic mass is 16.6. The fourth-order valence-electron chi connectivity index (χ4n) is 1.71. The van der Waals surface area contributed by atoms with Crippen LogP contribution in [0.4, 0.5) is 0 Å². The van der Waals surface area contributed by atoms with Gasteiger partial charge in [-0.2, -0.15) is 0 Å². The third-order valence-corrected chi connectivity index (χ3v) is 2.94. The molecule has 0 rings (SSSR count). The number of methoxy groups -OCH3 is 1. The quantitative estimate of drug-likeness (QED) is 0.364. The molecule has 0 aliphatic carbocycles. The van der Waals surface area contributed by atoms with Crippen molar-refractivity contribution in [1.82, 2.24) is 0 Å². The summed E-state index contributed by atoms with van der Waals surface area (Å²) in [6.07, 6.45) is 6.38. The molecule has 0 saturated carbocycles. The molecule has 5 nitrogen and oxygen atoms in total. The highest BCUT2D eigenvalue weighted by Gasteiger charge is 1.93. The van der Waals surface area contributed by atoms with Gasteiger partial charge in [0, 0.05) is 13.7 Å². The predicted molar refractivity (Wildman–Crippen MR) is 83.9 cm³/mol. The standard InChI is InChI=1S/C16H34O5/c1-3-4-5-6-7-8-18-11-12-20-15-16-21-14-13-19-10-9-17-2/h3-16H2,1-2H3. The van der Waals surface area contributed by atoms with Gasteiger partial charge in [0.25, 0.3) is 0 Å². The number of hydrogen-bond acceptors (Lipinski definition) is 5. The molecule has 0 aromatic carbocycles. The number of ether oxygens (including phenoxy) is 5. The molecule has 0 atom stereocenters. The van der Waals surface area contributed by atoms with E-state index < -0.39 is 0 Å². The zero-order valence-corrected chi connectivity index (χ0v) is 13.9. The van der Waals surface area contributed by atoms with Crippen LogP contribution in [0.2, 0.25) is 0 Å². The summed E-state index contributed by atoms with van der Waals surface area (Å²) < 4.78 is 26.4. The van der Waals surface area contributed by atoms with Gasteiger partial charge in [-0.15, -0.1) is 0 Å². The van der Waals surface area contributed by atoms with Gasteiger partial charge >= 0.3 is 0 Å². The Bertz CT molecular complexity index is 160. The van der Waals surface area contributed by atoms with Gasteiger partial charge in [-0.05, 0) is 6.42 Å². The maximum absolute atomic E-state index is 5.50. The molecule has 0 radical (unpaired) electrons. The molecule has 0 bridgehead atoms. The Kier molecular flexibility index (Phi) is 19.6. The normalized spacial score (nSPS) is 11.1. The maximum atomic E-state index is 5.50. The van der Waals surface area contributed by atoms with Gasteiger partial charge in [-0.1, -0.05) is 32.6 Å². The van der Waals surface area contributed by atoms with Crippen molar-refractivity contribution in [3.8, 4) is 0 Å². The van der Waals surface area contributed by atoms with Gasteiger partial charge in [-0.25, -0.2) is 0 Å². The van der Waals surface area contributed by atoms with Crippen molar-refractivity contribution >= 4 is 0 Å². The minimum Gasteiger partial charge on any atom is -0.382 e. The molecule has 0 aliphatic heterocycles. The lowest BCUT2D eigenvalue weighted by Gasteiger charge is -2.07. The first kappa shape index (κ1) is 20.8. The Morgan fingerprint density at radius 2 is 0.905 bits per heavy atom. The van der Waals surface area contributed by atoms with Crippen molar-refractivity contribution in [3.63, 3.8) is 0 Å². The summed E-state index contributed by atoms with van der Waals surface area (Å²) in [4.78, 5) is 0. The molecular formula is C16H34O5. The maximum Gasteiger partial charge on any atom is 0.0701 e. The number of rotatable bonds is 18. The van der Waals surface area contributed by atoms with Crippen LogP contribution in [0.3, 0.4) is 0 Å². The summed E-state index contributed by atoms with van der Waals surface area (Å²) in [5.41, 5.74) is 0. The van der Waals surface area contributed by atoms with Crippen molar-refractivity contribution in [3.05, 3.63) is 0 Å². The Balaban J connectivity index is 2.90. The van der Waals surface area contributed by atoms with E-state index in [4.69, 9.17) is 23.7 Å². The summed E-state index contributed by atoms with van der Waals surface area (Å²) in [6, 6.07) is 0. The first-order chi connectivity index (χ1) is 10.4. The van der Waals surface area contributed by atoms with Crippen LogP contribution in [0, 0.1) is 0 Å². The fraction of sp³-hybridized carbons (Fsp3) is 1.00. The van der Waals surface area contributed by atoms with Gasteiger partial charge in [0.2, 0.25) is 0 Å². The van der Waals surface area contributed by atoms with Crippen LogP contribution in [0.1, 0.15) is 39.0 Å². The van der Waals surface area contributed by atoms with Crippen LogP contribution in [0.25, 0.3) is 0 Å². The minimum absolute atomic E-state index is 0.599. The highest BCUT2D eigenvalue weighted by Crippen LogP contribution is 2.02. The topological polar surface area (TPSA) is 46.2 Å². The molecule has 0 fully saturated rings. The molecule has 0 amide bonds. The van der Waals surface area contributed by atoms with Crippen LogP contribution in [-0.4, -0.2) is 66.6 Å². The summed E-state index contributed by atoms with van der Waals surface area (Å²) in [5.74, 6) is 0. The van der Waals surface area contributed by atoms with E-state index in [2.05, 4.69) is 6.92 Å². The summed E-state index contributed by atoms with van der Waals surface area (Å²) in [5, 5.41) is 0. The van der Waals surface area contributed by atoms with E-state index >= 15 is 0 Å². The first-order valence-electron chi connectivity index (χ1n) is 8.21. The SMILES string of the molecule is CCCCCCCOCCOCCOCCOCCOC. The molecule has 0 saturated heterocycles. The van der Waals surface area contributed by atoms with Crippen LogP contribution in [0.15, 0.2) is 0 Å². The summed E-state index contributed by atoms with van der Waals surface area (Å²) in [6.45, 7) is 8.05. The van der Waals surface area contributed by atoms with Gasteiger partial charge in [0.1, 0.15) is 0 Å². The lowest BCUT2D eigenvalue weighted by Crippen LogP contribution is -2.13. The van der Waals surface area contributed by atoms with Crippen molar-refractivity contribution in [2.24, 2.45) is 0 Å². The Labute approximate surface area is 130 Å². The molecule has 0 spiro atoms. The second-order valence-corrected chi connectivity index (χ2v) is 4.86. The molecule has 0 N–H and O–H groups in total. The Morgan fingerprint density at radius 1 is 0.476 bits per heavy atom. The second-order valence-electron chi connectivity index (χ2n) is 4.86. The molecule has 128 valence electrons. The highest BCUT2D eigenvalue weighted by molar-refractivity contribution is 4.42. The van der Waals surface area contributed by atoms with E-state index in [0.29, 0.717) is 52.9 Å². The molecule has 0 aliphatic rings. The van der Waals surface area contributed by atoms with Gasteiger partial charge in [0.05, 0.1) is 52.9 Å². The van der Waals surface area contributed by atoms with Gasteiger partial charge in [0.15, 0.2) is 0 Å². The Hall–Kier alpha value is -0.200. The molecule has 0 unspecified atom stereocenters. The zero-order chi connectivity index (χ0) is 15.4. The first-order valence-corrected chi connectivity index (χ1v) is 8.21. The van der Waals surface area contributed by atoms with Crippen LogP contribution < -0.4 is 0 Å². The van der Waals surface area contributed by atoms with Crippen molar-refractivity contribution in [1.29, 1.82) is 0 Å². The summed E-state index contributed by atoms with van der Waals surface area (Å²) >= 11 is 0. The van der Waals surface area contributed by atoms with E-state index in [1.165, 1.54) is 25.7 Å². The van der Waals surface area contributed by atoms with Crippen LogP contribution in [0.5, 0.6) is 0 Å². The van der Waals surface area contributed by atoms with E-state index in [1.54, 1.807) is 7.11 Å². The second kappa shape index (κ2) is 19.8. The molecule has 21 heavy (non-hydrogen) atoms. The molecule has 0 aromatic rings. The zero-order valence-electron chi connectivity index (χ0n) is 13.9. The summed E-state index contributed by atoms with van der Waals surface area (Å²) in [7, 11) is 1.66. The van der Waals surface area contributed by atoms with Crippen molar-refractivity contribution < 1.29 is 23.7 Å². The molecule has 0 heterocycles. The predicted octanol–water partition coefficient (Wildman–Crippen LogP) is 2.67. The average molecular weight is 306 g/mol. The average Bonchev–Trinajstić information content (AvgIpc) is 2.50. The van der Waals surface area contributed by atoms with Crippen molar-refractivity contribution in [2.75, 3.05) is 66.6 Å². The molecular weight excluding hydrogens is 272 g/mol. The van der Waals surface area contributed by atoms with Gasteiger partial charge in [-0.3, -0.25) is 0 Å². The van der Waals surface area contributed by atoms with Crippen LogP contribution in [-0.2, 0) is 23.7 Å². The Morgan fingerprint density at radius 3 is 1.38 bits per heavy atom. The lowest BCUT2D eigenvalue weighted by atomic mass is 10.2. The van der Waals surface area contributed by atoms with Gasteiger partial charge < -0.3 is 23.7 Å². The number of unbranched alkanes of at least 4 members (excludes halogenated alkanes) is 4. The van der Waals surface area contributed by atoms with Crippen molar-refractivity contribution in [2.45, 2.75) is 39.0 Å².